The van der Waals surface area contributed by atoms with E-state index in [2.05, 4.69) is 11.4 Å². The van der Waals surface area contributed by atoms with Gasteiger partial charge in [0.25, 0.3) is 0 Å². The third kappa shape index (κ3) is 2.16. The van der Waals surface area contributed by atoms with Crippen LogP contribution in [0.2, 0.25) is 0 Å². The van der Waals surface area contributed by atoms with Gasteiger partial charge in [-0.2, -0.15) is 5.26 Å². The average Bonchev–Trinajstić information content (AvgIpc) is 2.84. The molecule has 1 amide bonds. The van der Waals surface area contributed by atoms with Gasteiger partial charge in [0.2, 0.25) is 5.91 Å². The summed E-state index contributed by atoms with van der Waals surface area (Å²) in [7, 11) is 0. The number of carbonyl (C=O) groups is 1. The van der Waals surface area contributed by atoms with Crippen LogP contribution in [0.3, 0.4) is 0 Å². The van der Waals surface area contributed by atoms with Crippen LogP contribution in [-0.4, -0.2) is 22.4 Å². The lowest BCUT2D eigenvalue weighted by atomic mass is 10.1. The summed E-state index contributed by atoms with van der Waals surface area (Å²) in [6.45, 7) is 3.42. The third-order valence-corrected chi connectivity index (χ3v) is 3.59. The van der Waals surface area contributed by atoms with E-state index in [9.17, 15) is 4.79 Å². The van der Waals surface area contributed by atoms with Crippen LogP contribution in [0.15, 0.2) is 0 Å². The van der Waals surface area contributed by atoms with Gasteiger partial charge in [0.05, 0.1) is 10.8 Å². The van der Waals surface area contributed by atoms with Crippen LogP contribution in [0.1, 0.15) is 26.7 Å². The number of nitriles is 1. The summed E-state index contributed by atoms with van der Waals surface area (Å²) in [5.74, 6) is 0.00606. The Bertz CT molecular complexity index is 263. The van der Waals surface area contributed by atoms with Gasteiger partial charge < -0.3 is 5.32 Å². The average molecular weight is 198 g/mol. The highest BCUT2D eigenvalue weighted by Crippen LogP contribution is 2.47. The van der Waals surface area contributed by atoms with E-state index in [1.165, 1.54) is 0 Å². The zero-order valence-corrected chi connectivity index (χ0v) is 8.99. The van der Waals surface area contributed by atoms with E-state index in [-0.39, 0.29) is 10.7 Å². The first-order valence-electron chi connectivity index (χ1n) is 4.25. The van der Waals surface area contributed by atoms with Crippen LogP contribution in [0.5, 0.6) is 0 Å². The Labute approximate surface area is 82.9 Å². The van der Waals surface area contributed by atoms with Gasteiger partial charge in [0, 0.05) is 0 Å². The molecule has 1 fully saturated rings. The monoisotopic (exact) mass is 198 g/mol. The minimum Gasteiger partial charge on any atom is -0.337 e. The fourth-order valence-electron chi connectivity index (χ4n) is 1.06. The normalized spacial score (nSPS) is 18.9. The second-order valence-electron chi connectivity index (χ2n) is 3.89. The van der Waals surface area contributed by atoms with Crippen LogP contribution in [-0.2, 0) is 4.79 Å². The quantitative estimate of drug-likeness (QED) is 0.743. The van der Waals surface area contributed by atoms with E-state index in [4.69, 9.17) is 5.26 Å². The van der Waals surface area contributed by atoms with Gasteiger partial charge in [-0.1, -0.05) is 0 Å². The molecule has 0 spiro atoms. The second-order valence-corrected chi connectivity index (χ2v) is 5.08. The maximum Gasteiger partial charge on any atom is 0.237 e. The molecule has 0 saturated heterocycles. The molecule has 0 unspecified atom stereocenters. The van der Waals surface area contributed by atoms with E-state index in [0.717, 1.165) is 12.8 Å². The maximum absolute atomic E-state index is 11.6. The standard InChI is InChI=1S/C9H14N2OS/c1-8(2,6-10)11-7(12)9(13-3)4-5-9/h4-5H2,1-3H3,(H,11,12). The Kier molecular flexibility index (Phi) is 2.58. The molecule has 0 aliphatic heterocycles. The number of rotatable bonds is 3. The van der Waals surface area contributed by atoms with Gasteiger partial charge in [0.1, 0.15) is 5.54 Å². The second kappa shape index (κ2) is 3.22. The fraction of sp³-hybridized carbons (Fsp3) is 0.778. The van der Waals surface area contributed by atoms with Crippen molar-refractivity contribution in [2.24, 2.45) is 0 Å². The number of hydrogen-bond donors (Lipinski definition) is 1. The molecule has 1 rings (SSSR count). The first-order chi connectivity index (χ1) is 5.96. The SMILES string of the molecule is CSC1(C(=O)NC(C)(C)C#N)CC1. The largest absolute Gasteiger partial charge is 0.337 e. The molecule has 0 radical (unpaired) electrons. The lowest BCUT2D eigenvalue weighted by molar-refractivity contribution is -0.122. The van der Waals surface area contributed by atoms with E-state index in [1.807, 2.05) is 6.26 Å². The summed E-state index contributed by atoms with van der Waals surface area (Å²) in [6.07, 6.45) is 3.80. The molecule has 4 heteroatoms. The summed E-state index contributed by atoms with van der Waals surface area (Å²) in [5, 5.41) is 11.5. The lowest BCUT2D eigenvalue weighted by Crippen LogP contribution is -2.46. The first kappa shape index (κ1) is 10.4. The van der Waals surface area contributed by atoms with Gasteiger partial charge in [-0.25, -0.2) is 0 Å². The van der Waals surface area contributed by atoms with Crippen molar-refractivity contribution < 1.29 is 4.79 Å². The van der Waals surface area contributed by atoms with Crippen molar-refractivity contribution in [1.29, 1.82) is 5.26 Å². The highest BCUT2D eigenvalue weighted by Gasteiger charge is 2.50. The third-order valence-electron chi connectivity index (χ3n) is 2.21. The molecule has 0 bridgehead atoms. The van der Waals surface area contributed by atoms with Crippen molar-refractivity contribution >= 4 is 17.7 Å². The summed E-state index contributed by atoms with van der Waals surface area (Å²) in [6, 6.07) is 2.05. The van der Waals surface area contributed by atoms with Crippen LogP contribution < -0.4 is 5.32 Å². The number of nitrogens with one attached hydrogen (secondary N) is 1. The predicted molar refractivity (Wildman–Crippen MR) is 53.3 cm³/mol. The minimum absolute atomic E-state index is 0.00606. The van der Waals surface area contributed by atoms with Gasteiger partial charge >= 0.3 is 0 Å². The molecular formula is C9H14N2OS. The molecule has 13 heavy (non-hydrogen) atoms. The molecule has 1 N–H and O–H groups in total. The molecule has 0 aromatic carbocycles. The number of nitrogens with zero attached hydrogens (tertiary/aromatic N) is 1. The smallest absolute Gasteiger partial charge is 0.237 e. The van der Waals surface area contributed by atoms with E-state index >= 15 is 0 Å². The molecule has 1 aliphatic carbocycles. The van der Waals surface area contributed by atoms with Crippen LogP contribution in [0.4, 0.5) is 0 Å². The Balaban J connectivity index is 2.57. The van der Waals surface area contributed by atoms with E-state index in [0.29, 0.717) is 0 Å². The van der Waals surface area contributed by atoms with Gasteiger partial charge in [-0.15, -0.1) is 11.8 Å². The molecule has 1 aliphatic rings. The fourth-order valence-corrected chi connectivity index (χ4v) is 1.81. The summed E-state index contributed by atoms with van der Waals surface area (Å²) >= 11 is 1.58. The molecule has 0 atom stereocenters. The van der Waals surface area contributed by atoms with Crippen molar-refractivity contribution in [2.75, 3.05) is 6.26 Å². The Morgan fingerprint density at radius 3 is 2.46 bits per heavy atom. The molecular weight excluding hydrogens is 184 g/mol. The molecule has 0 heterocycles. The zero-order valence-electron chi connectivity index (χ0n) is 8.18. The molecule has 72 valence electrons. The number of amides is 1. The van der Waals surface area contributed by atoms with Crippen molar-refractivity contribution in [3.05, 3.63) is 0 Å². The summed E-state index contributed by atoms with van der Waals surface area (Å²) in [4.78, 5) is 11.6. The van der Waals surface area contributed by atoms with Crippen molar-refractivity contribution in [1.82, 2.24) is 5.32 Å². The highest BCUT2D eigenvalue weighted by molar-refractivity contribution is 8.01. The topological polar surface area (TPSA) is 52.9 Å². The Morgan fingerprint density at radius 1 is 1.62 bits per heavy atom. The number of thioether (sulfide) groups is 1. The Hall–Kier alpha value is -0.690. The zero-order chi connectivity index (χ0) is 10.1. The predicted octanol–water partition coefficient (Wildman–Crippen LogP) is 1.30. The summed E-state index contributed by atoms with van der Waals surface area (Å²) < 4.78 is -0.228. The summed E-state index contributed by atoms with van der Waals surface area (Å²) in [5.41, 5.74) is -0.748. The maximum atomic E-state index is 11.6. The lowest BCUT2D eigenvalue weighted by Gasteiger charge is -2.21. The highest BCUT2D eigenvalue weighted by atomic mass is 32.2. The van der Waals surface area contributed by atoms with Crippen molar-refractivity contribution in [2.45, 2.75) is 37.0 Å². The minimum atomic E-state index is -0.748. The number of carbonyl (C=O) groups excluding carboxylic acids is 1. The molecule has 0 aromatic heterocycles. The van der Waals surface area contributed by atoms with Gasteiger partial charge in [-0.3, -0.25) is 4.79 Å². The van der Waals surface area contributed by atoms with E-state index < -0.39 is 5.54 Å². The number of hydrogen-bond acceptors (Lipinski definition) is 3. The molecule has 3 nitrogen and oxygen atoms in total. The first-order valence-corrected chi connectivity index (χ1v) is 5.47. The van der Waals surface area contributed by atoms with Gasteiger partial charge in [0.15, 0.2) is 0 Å². The Morgan fingerprint density at radius 2 is 2.15 bits per heavy atom. The van der Waals surface area contributed by atoms with Crippen LogP contribution >= 0.6 is 11.8 Å². The van der Waals surface area contributed by atoms with Crippen LogP contribution in [0, 0.1) is 11.3 Å². The van der Waals surface area contributed by atoms with Crippen molar-refractivity contribution in [3.8, 4) is 6.07 Å². The molecule has 0 aromatic rings. The van der Waals surface area contributed by atoms with Crippen LogP contribution in [0.25, 0.3) is 0 Å². The van der Waals surface area contributed by atoms with E-state index in [1.54, 1.807) is 25.6 Å². The van der Waals surface area contributed by atoms with Crippen molar-refractivity contribution in [3.63, 3.8) is 0 Å². The molecule has 1 saturated carbocycles. The van der Waals surface area contributed by atoms with Gasteiger partial charge in [-0.05, 0) is 32.9 Å².